The summed E-state index contributed by atoms with van der Waals surface area (Å²) in [4.78, 5) is 12.4. The summed E-state index contributed by atoms with van der Waals surface area (Å²) in [6, 6.07) is 0. The van der Waals surface area contributed by atoms with Gasteiger partial charge in [-0.05, 0) is 37.1 Å². The van der Waals surface area contributed by atoms with Gasteiger partial charge in [0.25, 0.3) is 0 Å². The molecule has 0 unspecified atom stereocenters. The fourth-order valence-electron chi connectivity index (χ4n) is 1.36. The molecular weight excluding hydrogens is 186 g/mol. The van der Waals surface area contributed by atoms with Gasteiger partial charge < -0.3 is 4.90 Å². The van der Waals surface area contributed by atoms with E-state index in [1.54, 1.807) is 0 Å². The van der Waals surface area contributed by atoms with Crippen LogP contribution in [0.4, 0.5) is 0 Å². The van der Waals surface area contributed by atoms with Crippen LogP contribution in [0.15, 0.2) is 47.7 Å². The standard InChI is InChI=1S/C13H17NO/c1-3-14(2)13-8-4-6-12(9-10-13)7-5-11-15/h4-5,7-11H,3,6H2,1-2H3/b7-5+. The molecule has 0 N–H and O–H groups in total. The van der Waals surface area contributed by atoms with Gasteiger partial charge in [-0.15, -0.1) is 0 Å². The van der Waals surface area contributed by atoms with Gasteiger partial charge in [-0.2, -0.15) is 0 Å². The van der Waals surface area contributed by atoms with Crippen LogP contribution in [-0.4, -0.2) is 24.8 Å². The van der Waals surface area contributed by atoms with Crippen molar-refractivity contribution in [2.45, 2.75) is 13.3 Å². The van der Waals surface area contributed by atoms with Crippen LogP contribution in [0.3, 0.4) is 0 Å². The summed E-state index contributed by atoms with van der Waals surface area (Å²) in [5, 5.41) is 0. The topological polar surface area (TPSA) is 20.3 Å². The van der Waals surface area contributed by atoms with E-state index in [0.717, 1.165) is 24.8 Å². The largest absolute Gasteiger partial charge is 0.375 e. The summed E-state index contributed by atoms with van der Waals surface area (Å²) in [5.74, 6) is 0. The molecule has 2 heteroatoms. The molecule has 0 bridgehead atoms. The van der Waals surface area contributed by atoms with Crippen LogP contribution >= 0.6 is 0 Å². The molecule has 0 saturated heterocycles. The van der Waals surface area contributed by atoms with Crippen molar-refractivity contribution in [2.24, 2.45) is 0 Å². The Balaban J connectivity index is 2.79. The normalized spacial score (nSPS) is 15.9. The first-order chi connectivity index (χ1) is 7.27. The third-order valence-corrected chi connectivity index (χ3v) is 2.41. The average Bonchev–Trinajstić information content (AvgIpc) is 2.50. The van der Waals surface area contributed by atoms with Crippen molar-refractivity contribution in [1.82, 2.24) is 4.90 Å². The lowest BCUT2D eigenvalue weighted by Crippen LogP contribution is -2.15. The number of rotatable bonds is 4. The number of carbonyl (C=O) groups excluding carboxylic acids is 1. The predicted molar refractivity (Wildman–Crippen MR) is 63.4 cm³/mol. The molecule has 1 aliphatic carbocycles. The van der Waals surface area contributed by atoms with Crippen molar-refractivity contribution in [3.63, 3.8) is 0 Å². The third kappa shape index (κ3) is 3.58. The molecule has 2 nitrogen and oxygen atoms in total. The number of nitrogens with zero attached hydrogens (tertiary/aromatic N) is 1. The van der Waals surface area contributed by atoms with Crippen LogP contribution < -0.4 is 0 Å². The Kier molecular flexibility index (Phi) is 4.61. The SMILES string of the molecule is CCN(C)C1=CC=C(/C=C/C=O)CC=C1. The molecule has 0 aromatic rings. The van der Waals surface area contributed by atoms with E-state index in [1.165, 1.54) is 11.8 Å². The summed E-state index contributed by atoms with van der Waals surface area (Å²) < 4.78 is 0. The molecule has 0 fully saturated rings. The van der Waals surface area contributed by atoms with Crippen LogP contribution in [0.1, 0.15) is 13.3 Å². The Bertz CT molecular complexity index is 334. The number of allylic oxidation sites excluding steroid dienone is 7. The van der Waals surface area contributed by atoms with Crippen LogP contribution in [0.5, 0.6) is 0 Å². The molecule has 0 saturated carbocycles. The maximum Gasteiger partial charge on any atom is 0.142 e. The average molecular weight is 203 g/mol. The minimum absolute atomic E-state index is 0.804. The van der Waals surface area contributed by atoms with E-state index in [4.69, 9.17) is 0 Å². The van der Waals surface area contributed by atoms with E-state index in [2.05, 4.69) is 43.2 Å². The monoisotopic (exact) mass is 203 g/mol. The molecule has 0 heterocycles. The lowest BCUT2D eigenvalue weighted by atomic mass is 10.1. The molecule has 0 spiro atoms. The highest BCUT2D eigenvalue weighted by Gasteiger charge is 2.00. The van der Waals surface area contributed by atoms with Crippen molar-refractivity contribution in [3.8, 4) is 0 Å². The minimum Gasteiger partial charge on any atom is -0.375 e. The van der Waals surface area contributed by atoms with Crippen molar-refractivity contribution in [2.75, 3.05) is 13.6 Å². The van der Waals surface area contributed by atoms with E-state index < -0.39 is 0 Å². The highest BCUT2D eigenvalue weighted by atomic mass is 16.1. The number of hydrogen-bond acceptors (Lipinski definition) is 2. The second-order valence-electron chi connectivity index (χ2n) is 3.45. The summed E-state index contributed by atoms with van der Waals surface area (Å²) in [7, 11) is 2.07. The zero-order valence-electron chi connectivity index (χ0n) is 9.31. The van der Waals surface area contributed by atoms with Gasteiger partial charge in [-0.1, -0.05) is 18.2 Å². The molecule has 15 heavy (non-hydrogen) atoms. The fourth-order valence-corrected chi connectivity index (χ4v) is 1.36. The first kappa shape index (κ1) is 11.5. The maximum atomic E-state index is 10.2. The summed E-state index contributed by atoms with van der Waals surface area (Å²) in [6.45, 7) is 3.11. The van der Waals surface area contributed by atoms with Crippen molar-refractivity contribution in [3.05, 3.63) is 47.7 Å². The quantitative estimate of drug-likeness (QED) is 0.516. The van der Waals surface area contributed by atoms with E-state index in [9.17, 15) is 4.79 Å². The van der Waals surface area contributed by atoms with Gasteiger partial charge in [0.2, 0.25) is 0 Å². The minimum atomic E-state index is 0.804. The molecule has 0 aliphatic heterocycles. The van der Waals surface area contributed by atoms with Gasteiger partial charge in [-0.25, -0.2) is 0 Å². The van der Waals surface area contributed by atoms with Crippen LogP contribution in [-0.2, 0) is 4.79 Å². The molecule has 0 radical (unpaired) electrons. The summed E-state index contributed by atoms with van der Waals surface area (Å²) in [6.07, 6.45) is 13.4. The fraction of sp³-hybridized carbons (Fsp3) is 0.308. The van der Waals surface area contributed by atoms with Gasteiger partial charge in [0, 0.05) is 19.3 Å². The summed E-state index contributed by atoms with van der Waals surface area (Å²) >= 11 is 0. The predicted octanol–water partition coefficient (Wildman–Crippen LogP) is 2.46. The van der Waals surface area contributed by atoms with E-state index in [-0.39, 0.29) is 0 Å². The van der Waals surface area contributed by atoms with Gasteiger partial charge >= 0.3 is 0 Å². The first-order valence-electron chi connectivity index (χ1n) is 5.18. The number of aldehydes is 1. The zero-order chi connectivity index (χ0) is 11.1. The van der Waals surface area contributed by atoms with Crippen molar-refractivity contribution >= 4 is 6.29 Å². The Labute approximate surface area is 91.3 Å². The summed E-state index contributed by atoms with van der Waals surface area (Å²) in [5.41, 5.74) is 2.35. The van der Waals surface area contributed by atoms with Crippen molar-refractivity contribution < 1.29 is 4.79 Å². The molecule has 0 amide bonds. The number of likely N-dealkylation sites (N-methyl/N-ethyl adjacent to an activating group) is 1. The second-order valence-corrected chi connectivity index (χ2v) is 3.45. The molecule has 80 valence electrons. The Morgan fingerprint density at radius 3 is 2.93 bits per heavy atom. The van der Waals surface area contributed by atoms with Gasteiger partial charge in [-0.3, -0.25) is 4.79 Å². The molecule has 0 aromatic carbocycles. The Hall–Kier alpha value is -1.57. The van der Waals surface area contributed by atoms with Crippen LogP contribution in [0.2, 0.25) is 0 Å². The molecular formula is C13H17NO. The van der Waals surface area contributed by atoms with Gasteiger partial charge in [0.1, 0.15) is 6.29 Å². The highest BCUT2D eigenvalue weighted by molar-refractivity contribution is 5.66. The Morgan fingerprint density at radius 1 is 1.47 bits per heavy atom. The van der Waals surface area contributed by atoms with Crippen molar-refractivity contribution in [1.29, 1.82) is 0 Å². The van der Waals surface area contributed by atoms with E-state index in [0.29, 0.717) is 0 Å². The second kappa shape index (κ2) is 6.02. The lowest BCUT2D eigenvalue weighted by molar-refractivity contribution is -0.104. The molecule has 1 rings (SSSR count). The van der Waals surface area contributed by atoms with Crippen LogP contribution in [0.25, 0.3) is 0 Å². The molecule has 1 aliphatic rings. The van der Waals surface area contributed by atoms with Gasteiger partial charge in [0.05, 0.1) is 0 Å². The van der Waals surface area contributed by atoms with Crippen LogP contribution in [0, 0.1) is 0 Å². The number of hydrogen-bond donors (Lipinski definition) is 0. The molecule has 0 aromatic heterocycles. The zero-order valence-corrected chi connectivity index (χ0v) is 9.31. The third-order valence-electron chi connectivity index (χ3n) is 2.41. The first-order valence-corrected chi connectivity index (χ1v) is 5.18. The van der Waals surface area contributed by atoms with E-state index >= 15 is 0 Å². The smallest absolute Gasteiger partial charge is 0.142 e. The number of carbonyl (C=O) groups is 1. The Morgan fingerprint density at radius 2 is 2.27 bits per heavy atom. The van der Waals surface area contributed by atoms with E-state index in [1.807, 2.05) is 6.08 Å². The molecule has 0 atom stereocenters. The highest BCUT2D eigenvalue weighted by Crippen LogP contribution is 2.14. The maximum absolute atomic E-state index is 10.2. The lowest BCUT2D eigenvalue weighted by Gasteiger charge is -2.16. The van der Waals surface area contributed by atoms with Gasteiger partial charge in [0.15, 0.2) is 0 Å².